The highest BCUT2D eigenvalue weighted by Gasteiger charge is 2.09. The molecule has 0 aliphatic carbocycles. The van der Waals surface area contributed by atoms with Gasteiger partial charge >= 0.3 is 0 Å². The number of ketones is 1. The third kappa shape index (κ3) is 5.30. The molecule has 1 aromatic carbocycles. The molecule has 0 saturated heterocycles. The molecule has 0 atom stereocenters. The van der Waals surface area contributed by atoms with Gasteiger partial charge in [-0.1, -0.05) is 13.8 Å². The Morgan fingerprint density at radius 2 is 1.85 bits per heavy atom. The molecule has 0 unspecified atom stereocenters. The fraction of sp³-hybridized carbons (Fsp3) is 0.500. The Bertz CT molecular complexity index is 444. The van der Waals surface area contributed by atoms with Crippen molar-refractivity contribution in [3.8, 4) is 0 Å². The van der Waals surface area contributed by atoms with Gasteiger partial charge in [-0.05, 0) is 25.2 Å². The van der Waals surface area contributed by atoms with Crippen molar-refractivity contribution in [1.29, 1.82) is 0 Å². The number of carbonyl (C=O) groups is 1. The number of nitrogens with zero attached hydrogens (tertiary/aromatic N) is 2. The van der Waals surface area contributed by atoms with Gasteiger partial charge in [0.05, 0.1) is 10.7 Å². The molecule has 1 aromatic rings. The summed E-state index contributed by atoms with van der Waals surface area (Å²) in [6, 6.07) is 5.78. The molecule has 0 aliphatic rings. The normalized spacial score (nSPS) is 10.8. The maximum absolute atomic E-state index is 11.9. The van der Waals surface area contributed by atoms with Crippen molar-refractivity contribution in [2.45, 2.75) is 13.8 Å². The third-order valence-electron chi connectivity index (χ3n) is 3.08. The molecule has 0 aromatic heterocycles. The summed E-state index contributed by atoms with van der Waals surface area (Å²) >= 11 is 1.60. The first-order chi connectivity index (χ1) is 9.58. The molecular formula is C14H20N2O3S. The van der Waals surface area contributed by atoms with Crippen LogP contribution in [0.4, 0.5) is 5.69 Å². The van der Waals surface area contributed by atoms with Crippen LogP contribution in [0.3, 0.4) is 0 Å². The average Bonchev–Trinajstić information content (AvgIpc) is 2.47. The largest absolute Gasteiger partial charge is 0.303 e. The fourth-order valence-corrected chi connectivity index (χ4v) is 2.63. The second-order valence-corrected chi connectivity index (χ2v) is 5.41. The minimum Gasteiger partial charge on any atom is -0.303 e. The summed E-state index contributed by atoms with van der Waals surface area (Å²) in [6.45, 7) is 7.26. The average molecular weight is 296 g/mol. The van der Waals surface area contributed by atoms with E-state index in [4.69, 9.17) is 0 Å². The molecule has 0 heterocycles. The Morgan fingerprint density at radius 1 is 1.25 bits per heavy atom. The smallest absolute Gasteiger partial charge is 0.269 e. The van der Waals surface area contributed by atoms with Crippen LogP contribution in [0.25, 0.3) is 0 Å². The topological polar surface area (TPSA) is 63.5 Å². The molecule has 20 heavy (non-hydrogen) atoms. The maximum Gasteiger partial charge on any atom is 0.269 e. The lowest BCUT2D eigenvalue weighted by Gasteiger charge is -2.17. The second kappa shape index (κ2) is 8.71. The Hall–Kier alpha value is -1.40. The summed E-state index contributed by atoms with van der Waals surface area (Å²) in [5.74, 6) is 1.35. The van der Waals surface area contributed by atoms with E-state index in [-0.39, 0.29) is 11.5 Å². The molecule has 0 spiro atoms. The molecular weight excluding hydrogens is 276 g/mol. The molecule has 0 saturated carbocycles. The van der Waals surface area contributed by atoms with E-state index in [0.29, 0.717) is 11.3 Å². The van der Waals surface area contributed by atoms with Gasteiger partial charge in [0.15, 0.2) is 5.78 Å². The SMILES string of the molecule is CCN(CC)CCSCC(=O)c1ccc([N+](=O)[O-])cc1. The van der Waals surface area contributed by atoms with Gasteiger partial charge in [-0.15, -0.1) is 0 Å². The Labute approximate surface area is 123 Å². The van der Waals surface area contributed by atoms with E-state index in [1.54, 1.807) is 11.8 Å². The van der Waals surface area contributed by atoms with Gasteiger partial charge in [-0.25, -0.2) is 0 Å². The van der Waals surface area contributed by atoms with Crippen LogP contribution in [0.2, 0.25) is 0 Å². The van der Waals surface area contributed by atoms with Crippen LogP contribution in [-0.2, 0) is 0 Å². The van der Waals surface area contributed by atoms with E-state index in [1.165, 1.54) is 24.3 Å². The van der Waals surface area contributed by atoms with Crippen LogP contribution in [-0.4, -0.2) is 46.7 Å². The monoisotopic (exact) mass is 296 g/mol. The lowest BCUT2D eigenvalue weighted by atomic mass is 10.1. The van der Waals surface area contributed by atoms with Gasteiger partial charge < -0.3 is 4.90 Å². The standard InChI is InChI=1S/C14H20N2O3S/c1-3-15(4-2)9-10-20-11-14(17)12-5-7-13(8-6-12)16(18)19/h5-8H,3-4,9-11H2,1-2H3. The van der Waals surface area contributed by atoms with Gasteiger partial charge in [0, 0.05) is 30.0 Å². The summed E-state index contributed by atoms with van der Waals surface area (Å²) in [5.41, 5.74) is 0.543. The third-order valence-corrected chi connectivity index (χ3v) is 4.02. The quantitative estimate of drug-likeness (QED) is 0.303. The van der Waals surface area contributed by atoms with Crippen molar-refractivity contribution in [3.05, 3.63) is 39.9 Å². The molecule has 0 radical (unpaired) electrons. The van der Waals surface area contributed by atoms with Crippen molar-refractivity contribution < 1.29 is 9.72 Å². The van der Waals surface area contributed by atoms with Gasteiger partial charge in [0.25, 0.3) is 5.69 Å². The summed E-state index contributed by atoms with van der Waals surface area (Å²) in [4.78, 5) is 24.3. The maximum atomic E-state index is 11.9. The molecule has 110 valence electrons. The van der Waals surface area contributed by atoms with E-state index in [1.807, 2.05) is 0 Å². The first kappa shape index (κ1) is 16.7. The van der Waals surface area contributed by atoms with Crippen molar-refractivity contribution in [1.82, 2.24) is 4.90 Å². The van der Waals surface area contributed by atoms with Crippen LogP contribution in [0, 0.1) is 10.1 Å². The van der Waals surface area contributed by atoms with Crippen molar-refractivity contribution in [2.24, 2.45) is 0 Å². The minimum absolute atomic E-state index is 0.00994. The number of non-ortho nitro benzene ring substituents is 1. The highest BCUT2D eigenvalue weighted by molar-refractivity contribution is 8.00. The number of nitro benzene ring substituents is 1. The highest BCUT2D eigenvalue weighted by atomic mass is 32.2. The van der Waals surface area contributed by atoms with E-state index < -0.39 is 4.92 Å². The Kier molecular flexibility index (Phi) is 7.25. The van der Waals surface area contributed by atoms with Crippen molar-refractivity contribution in [3.63, 3.8) is 0 Å². The lowest BCUT2D eigenvalue weighted by Crippen LogP contribution is -2.25. The van der Waals surface area contributed by atoms with Gasteiger partial charge in [0.2, 0.25) is 0 Å². The fourth-order valence-electron chi connectivity index (χ4n) is 1.75. The number of carbonyl (C=O) groups excluding carboxylic acids is 1. The number of hydrogen-bond donors (Lipinski definition) is 0. The van der Waals surface area contributed by atoms with Crippen molar-refractivity contribution >= 4 is 23.2 Å². The number of thioether (sulfide) groups is 1. The second-order valence-electron chi connectivity index (χ2n) is 4.31. The van der Waals surface area contributed by atoms with Crippen LogP contribution in [0.15, 0.2) is 24.3 Å². The van der Waals surface area contributed by atoms with E-state index in [0.717, 1.165) is 25.4 Å². The number of hydrogen-bond acceptors (Lipinski definition) is 5. The first-order valence-electron chi connectivity index (χ1n) is 6.66. The van der Waals surface area contributed by atoms with E-state index >= 15 is 0 Å². The van der Waals surface area contributed by atoms with Crippen LogP contribution in [0.5, 0.6) is 0 Å². The van der Waals surface area contributed by atoms with E-state index in [2.05, 4.69) is 18.7 Å². The van der Waals surface area contributed by atoms with Gasteiger partial charge in [-0.2, -0.15) is 11.8 Å². The summed E-state index contributed by atoms with van der Waals surface area (Å²) < 4.78 is 0. The lowest BCUT2D eigenvalue weighted by molar-refractivity contribution is -0.384. The van der Waals surface area contributed by atoms with Crippen LogP contribution < -0.4 is 0 Å². The molecule has 1 rings (SSSR count). The zero-order chi connectivity index (χ0) is 15.0. The molecule has 5 nitrogen and oxygen atoms in total. The number of Topliss-reactive ketones (excluding diaryl/α,β-unsaturated/α-hetero) is 1. The van der Waals surface area contributed by atoms with Crippen LogP contribution >= 0.6 is 11.8 Å². The van der Waals surface area contributed by atoms with Gasteiger partial charge in [0.1, 0.15) is 0 Å². The predicted molar refractivity (Wildman–Crippen MR) is 82.5 cm³/mol. The Balaban J connectivity index is 2.37. The highest BCUT2D eigenvalue weighted by Crippen LogP contribution is 2.14. The first-order valence-corrected chi connectivity index (χ1v) is 7.81. The zero-order valence-electron chi connectivity index (χ0n) is 11.9. The molecule has 6 heteroatoms. The summed E-state index contributed by atoms with van der Waals surface area (Å²) in [7, 11) is 0. The number of benzene rings is 1. The zero-order valence-corrected chi connectivity index (χ0v) is 12.7. The van der Waals surface area contributed by atoms with Gasteiger partial charge in [-0.3, -0.25) is 14.9 Å². The minimum atomic E-state index is -0.465. The van der Waals surface area contributed by atoms with Crippen molar-refractivity contribution in [2.75, 3.05) is 31.1 Å². The van der Waals surface area contributed by atoms with E-state index in [9.17, 15) is 14.9 Å². The molecule has 0 bridgehead atoms. The Morgan fingerprint density at radius 3 is 2.35 bits per heavy atom. The summed E-state index contributed by atoms with van der Waals surface area (Å²) in [5, 5.41) is 10.5. The number of nitro groups is 1. The predicted octanol–water partition coefficient (Wildman–Crippen LogP) is 2.85. The molecule has 0 amide bonds. The number of rotatable bonds is 9. The van der Waals surface area contributed by atoms with Crippen LogP contribution in [0.1, 0.15) is 24.2 Å². The molecule has 0 N–H and O–H groups in total. The summed E-state index contributed by atoms with van der Waals surface area (Å²) in [6.07, 6.45) is 0. The molecule has 0 fully saturated rings. The molecule has 0 aliphatic heterocycles.